The number of aromatic hydroxyl groups is 1. The number of carbonyl (C=O) groups is 23. The fourth-order valence-electron chi connectivity index (χ4n) is 14.1. The normalized spacial score (nSPS) is 15.2. The van der Waals surface area contributed by atoms with Crippen molar-refractivity contribution in [3.63, 3.8) is 0 Å². The number of benzene rings is 1. The first-order valence-corrected chi connectivity index (χ1v) is 50.1. The Balaban J connectivity index is 3.38. The number of hydrogen-bond acceptors (Lipinski definition) is 30. The Labute approximate surface area is 870 Å². The number of aliphatic carboxylic acids is 3. The quantitative estimate of drug-likeness (QED) is 0.0125. The Morgan fingerprint density at radius 3 is 1.01 bits per heavy atom. The number of phenolic OH excluding ortho intramolecular Hbond substituents is 1. The number of rotatable bonds is 68. The number of aliphatic hydroxyl groups is 1. The molecule has 0 saturated heterocycles. The highest BCUT2D eigenvalue weighted by Gasteiger charge is 2.42. The molecule has 0 saturated carbocycles. The first-order valence-electron chi connectivity index (χ1n) is 48.2. The van der Waals surface area contributed by atoms with Crippen LogP contribution in [0.2, 0.25) is 0 Å². The smallest absolute Gasteiger partial charge is 0.326 e. The van der Waals surface area contributed by atoms with E-state index in [1.165, 1.54) is 72.7 Å². The van der Waals surface area contributed by atoms with Crippen LogP contribution < -0.4 is 124 Å². The average Bonchev–Trinajstić information content (AvgIpc) is 0.850. The first kappa shape index (κ1) is 132. The van der Waals surface area contributed by atoms with Gasteiger partial charge in [0.2, 0.25) is 118 Å². The van der Waals surface area contributed by atoms with Crippen molar-refractivity contribution in [2.75, 3.05) is 36.9 Å². The van der Waals surface area contributed by atoms with Crippen molar-refractivity contribution in [1.82, 2.24) is 106 Å². The van der Waals surface area contributed by atoms with Crippen molar-refractivity contribution >= 4 is 180 Å². The van der Waals surface area contributed by atoms with E-state index in [0.29, 0.717) is 5.56 Å². The number of carbonyl (C=O) groups excluding carboxylic acids is 20. The molecule has 828 valence electrons. The number of carboxylic acid groups (broad SMARTS) is 3. The summed E-state index contributed by atoms with van der Waals surface area (Å²) in [5, 5.41) is 106. The molecule has 0 bridgehead atoms. The molecule has 0 aromatic heterocycles. The third-order valence-corrected chi connectivity index (χ3v) is 23.4. The van der Waals surface area contributed by atoms with Gasteiger partial charge in [-0.05, 0) is 124 Å². The van der Waals surface area contributed by atoms with E-state index in [9.17, 15) is 136 Å². The fourth-order valence-corrected chi connectivity index (χ4v) is 14.8. The lowest BCUT2D eigenvalue weighted by Crippen LogP contribution is -2.62. The van der Waals surface area contributed by atoms with E-state index >= 15 is 0 Å². The van der Waals surface area contributed by atoms with Gasteiger partial charge in [-0.3, -0.25) is 111 Å². The molecule has 1 aromatic carbocycles. The monoisotopic (exact) mass is 2140 g/mol. The third-order valence-electron chi connectivity index (χ3n) is 22.3. The summed E-state index contributed by atoms with van der Waals surface area (Å²) in [4.78, 5) is 313. The zero-order chi connectivity index (χ0) is 113. The molecule has 147 heavy (non-hydrogen) atoms. The van der Waals surface area contributed by atoms with Gasteiger partial charge >= 0.3 is 17.9 Å². The molecule has 0 aliphatic rings. The van der Waals surface area contributed by atoms with Gasteiger partial charge in [-0.25, -0.2) is 4.79 Å². The minimum absolute atomic E-state index is 0.0632. The summed E-state index contributed by atoms with van der Waals surface area (Å²) in [6.45, 7) is 26.0. The lowest BCUT2D eigenvalue weighted by Gasteiger charge is -2.30. The highest BCUT2D eigenvalue weighted by Crippen LogP contribution is 2.19. The molecule has 52 nitrogen and oxygen atoms in total. The zero-order valence-electron chi connectivity index (χ0n) is 86.1. The second kappa shape index (κ2) is 66.3. The van der Waals surface area contributed by atoms with Gasteiger partial charge in [0, 0.05) is 43.1 Å². The Bertz CT molecular complexity index is 4690. The third kappa shape index (κ3) is 49.9. The number of nitrogens with two attached hydrogens (primary N) is 3. The molecule has 0 fully saturated rings. The summed E-state index contributed by atoms with van der Waals surface area (Å²) in [5.41, 5.74) is 17.3. The van der Waals surface area contributed by atoms with Crippen molar-refractivity contribution in [1.29, 1.82) is 5.41 Å². The summed E-state index contributed by atoms with van der Waals surface area (Å²) in [5.74, 6) is -30.6. The number of aliphatic hydroxyl groups excluding tert-OH is 1. The lowest BCUT2D eigenvalue weighted by molar-refractivity contribution is -0.143. The molecule has 0 aliphatic heterocycles. The highest BCUT2D eigenvalue weighted by molar-refractivity contribution is 7.80. The van der Waals surface area contributed by atoms with Gasteiger partial charge in [0.05, 0.1) is 31.7 Å². The second-order valence-corrected chi connectivity index (χ2v) is 39.6. The topological polar surface area (TPSA) is 836 Å². The van der Waals surface area contributed by atoms with Crippen LogP contribution in [0.1, 0.15) is 194 Å². The average molecular weight is 2140 g/mol. The Kier molecular flexibility index (Phi) is 59.6. The first-order chi connectivity index (χ1) is 68.4. The van der Waals surface area contributed by atoms with Crippen LogP contribution in [-0.2, 0) is 117 Å². The van der Waals surface area contributed by atoms with E-state index in [1.54, 1.807) is 69.2 Å². The number of amides is 20. The zero-order valence-corrected chi connectivity index (χ0v) is 88.8. The van der Waals surface area contributed by atoms with Crippen LogP contribution in [0, 0.1) is 52.8 Å². The highest BCUT2D eigenvalue weighted by atomic mass is 32.1. The molecule has 55 heteroatoms. The molecule has 0 radical (unpaired) electrons. The van der Waals surface area contributed by atoms with E-state index in [0.717, 1.165) is 6.92 Å². The molecule has 32 N–H and O–H groups in total. The molecular weight excluding hydrogens is 1990 g/mol. The van der Waals surface area contributed by atoms with E-state index in [2.05, 4.69) is 144 Å². The van der Waals surface area contributed by atoms with Crippen LogP contribution in [0.5, 0.6) is 5.75 Å². The molecule has 0 aliphatic carbocycles. The van der Waals surface area contributed by atoms with Crippen LogP contribution in [-0.4, -0.2) is 319 Å². The van der Waals surface area contributed by atoms with Crippen molar-refractivity contribution in [2.45, 2.75) is 310 Å². The van der Waals surface area contributed by atoms with Gasteiger partial charge in [-0.1, -0.05) is 123 Å². The minimum atomic E-state index is -1.88. The largest absolute Gasteiger partial charge is 0.508 e. The van der Waals surface area contributed by atoms with Crippen molar-refractivity contribution in [3.05, 3.63) is 29.8 Å². The standard InChI is InChI=1S/C92H154N24O28S3/c1-40(2)30-56(81(133)114-71(46(13)14)88(140)108-59(34-63(94)119)76(128)98-36-65(121)111-68(43(7)8)85(137)103-53(20-19-29-97-92(95)96)79(131)112-72(47(15)16)89(141)109-60(91(143)144)32-42(5)6)105-74(126)48(17)100-90(142)73(49(18)117)116-82(134)57(31-41(3)4)107-87(139)70(45(11)12)113-80(132)55(26-28-67(124)125)102-84(136)62(39-147)101-64(120)35-99-77(129)61(38-146)110-78(130)54(25-27-66(122)123)104-86(138)69(44(9)10)115-83(135)58(106-75(127)52(93)37-145)33-50-21-23-51(118)24-22-50/h21-24,40-49,52-62,68-73,117-118,145-147H,19-20,25-39,93H2,1-18H3,(H2,94,119)(H,98,128)(H,99,129)(H,100,142)(H,101,120)(H,102,136)(H,103,137)(H,104,138)(H,105,126)(H,106,127)(H,107,139)(H,108,140)(H,109,141)(H,110,130)(H,111,121)(H,112,131)(H,113,132)(H,114,133)(H,115,135)(H,116,134)(H,122,123)(H,124,125)(H,143,144)(H4,95,96,97)/t48-,49+,52-,53-,54-,55-,56-,57-,58-,59-,60-,61-,62-,68-,69-,70-,71-,72-,73-/m0/s1. The van der Waals surface area contributed by atoms with E-state index < -0.39 is 343 Å². The van der Waals surface area contributed by atoms with Crippen LogP contribution in [0.25, 0.3) is 0 Å². The molecule has 0 unspecified atom stereocenters. The Morgan fingerprint density at radius 1 is 0.327 bits per heavy atom. The molecule has 1 rings (SSSR count). The van der Waals surface area contributed by atoms with Crippen LogP contribution in [0.15, 0.2) is 24.3 Å². The Morgan fingerprint density at radius 2 is 0.633 bits per heavy atom. The predicted octanol–water partition coefficient (Wildman–Crippen LogP) is -6.70. The van der Waals surface area contributed by atoms with Gasteiger partial charge in [-0.2, -0.15) is 37.9 Å². The maximum Gasteiger partial charge on any atom is 0.326 e. The second-order valence-electron chi connectivity index (χ2n) is 38.5. The number of hydrogen-bond donors (Lipinski definition) is 32. The lowest BCUT2D eigenvalue weighted by atomic mass is 9.98. The summed E-state index contributed by atoms with van der Waals surface area (Å²) in [6, 6.07) is -21.8. The summed E-state index contributed by atoms with van der Waals surface area (Å²) in [6.07, 6.45) is -5.60. The maximum absolute atomic E-state index is 14.4. The number of phenols is 1. The molecule has 0 spiro atoms. The molecule has 1 aromatic rings. The van der Waals surface area contributed by atoms with Gasteiger partial charge in [0.25, 0.3) is 0 Å². The van der Waals surface area contributed by atoms with E-state index in [1.807, 2.05) is 0 Å². The SMILES string of the molecule is CC(C)C[C@H](NC(=O)[C@@H](NC(=O)[C@H](CCCNC(=N)N)NC(=O)[C@@H](NC(=O)CNC(=O)[C@H](CC(N)=O)NC(=O)[C@@H](NC(=O)[C@H](CC(C)C)NC(=O)[C@H](C)NC(=O)[C@@H](NC(=O)[C@H](CC(C)C)NC(=O)[C@@H](NC(=O)[C@H](CCC(=O)O)NC(=O)[C@H](CS)NC(=O)CNC(=O)[C@H](CS)NC(=O)[C@H](CCC(=O)O)NC(=O)[C@@H](NC(=O)[C@H](Cc1ccc(O)cc1)NC(=O)[C@@H](N)CS)C(C)C)C(C)C)[C@@H](C)O)C(C)C)C(C)C)C(C)C)C(=O)O. The van der Waals surface area contributed by atoms with Gasteiger partial charge < -0.3 is 149 Å². The summed E-state index contributed by atoms with van der Waals surface area (Å²) < 4.78 is 0. The van der Waals surface area contributed by atoms with Crippen LogP contribution >= 0.6 is 37.9 Å². The van der Waals surface area contributed by atoms with Crippen LogP contribution in [0.4, 0.5) is 0 Å². The van der Waals surface area contributed by atoms with Gasteiger partial charge in [0.15, 0.2) is 5.96 Å². The van der Waals surface area contributed by atoms with E-state index in [-0.39, 0.29) is 74.4 Å². The number of thiol groups is 3. The number of guanidine groups is 1. The summed E-state index contributed by atoms with van der Waals surface area (Å²) >= 11 is 12.3. The minimum Gasteiger partial charge on any atom is -0.508 e. The molecule has 19 atom stereocenters. The molecule has 0 heterocycles. The number of nitrogens with one attached hydrogen (secondary N) is 21. The van der Waals surface area contributed by atoms with Crippen LogP contribution in [0.3, 0.4) is 0 Å². The predicted molar refractivity (Wildman–Crippen MR) is 544 cm³/mol. The molecule has 20 amide bonds. The van der Waals surface area contributed by atoms with E-state index in [4.69, 9.17) is 22.6 Å². The van der Waals surface area contributed by atoms with Crippen molar-refractivity contribution < 1.29 is 136 Å². The Hall–Kier alpha value is -12.9. The van der Waals surface area contributed by atoms with Crippen molar-refractivity contribution in [2.24, 2.45) is 64.5 Å². The fraction of sp³-hybridized carbons (Fsp3) is 0.674. The number of carboxylic acids is 3. The number of primary amides is 1. The van der Waals surface area contributed by atoms with Crippen molar-refractivity contribution in [3.8, 4) is 5.75 Å². The van der Waals surface area contributed by atoms with Gasteiger partial charge in [-0.15, -0.1) is 0 Å². The maximum atomic E-state index is 14.4. The van der Waals surface area contributed by atoms with Gasteiger partial charge in [0.1, 0.15) is 108 Å². The summed E-state index contributed by atoms with van der Waals surface area (Å²) in [7, 11) is 0. The molecular formula is C92H154N24O28S3.